The number of carbonyl (C=O) groups excluding carboxylic acids is 2. The number of nitrogens with one attached hydrogen (secondary N) is 3. The molecule has 0 saturated heterocycles. The summed E-state index contributed by atoms with van der Waals surface area (Å²) in [5, 5.41) is 18.1. The Morgan fingerprint density at radius 1 is 1.17 bits per heavy atom. The van der Waals surface area contributed by atoms with E-state index in [1.165, 1.54) is 7.11 Å². The number of hydrogen-bond acceptors (Lipinski definition) is 8. The zero-order valence-corrected chi connectivity index (χ0v) is 19.8. The number of rotatable bonds is 7. The fraction of sp³-hybridized carbons (Fsp3) is 0.120. The molecule has 0 radical (unpaired) electrons. The summed E-state index contributed by atoms with van der Waals surface area (Å²) < 4.78 is 10.3. The summed E-state index contributed by atoms with van der Waals surface area (Å²) >= 11 is 6.00. The van der Waals surface area contributed by atoms with Crippen LogP contribution in [0.4, 0.5) is 10.5 Å². The Balaban J connectivity index is 1.51. The Hall–Kier alpha value is -4.75. The smallest absolute Gasteiger partial charge is 0.411 e. The van der Waals surface area contributed by atoms with Crippen molar-refractivity contribution in [1.29, 1.82) is 5.26 Å². The number of ether oxygens (including phenoxy) is 2. The molecule has 3 aromatic rings. The lowest BCUT2D eigenvalue weighted by Gasteiger charge is -2.36. The van der Waals surface area contributed by atoms with Crippen LogP contribution in [-0.2, 0) is 16.1 Å². The van der Waals surface area contributed by atoms with Gasteiger partial charge in [0.2, 0.25) is 5.88 Å². The summed E-state index contributed by atoms with van der Waals surface area (Å²) in [6.07, 6.45) is 0.171. The number of hydrogen-bond donors (Lipinski definition) is 3. The van der Waals surface area contributed by atoms with Gasteiger partial charge in [-0.1, -0.05) is 29.8 Å². The molecule has 10 nitrogen and oxygen atoms in total. The van der Waals surface area contributed by atoms with E-state index in [4.69, 9.17) is 21.6 Å². The molecule has 2 heterocycles. The summed E-state index contributed by atoms with van der Waals surface area (Å²) in [6.45, 7) is 0.406. The number of anilines is 1. The van der Waals surface area contributed by atoms with Crippen LogP contribution in [0.2, 0.25) is 5.02 Å². The molecular weight excluding hydrogens is 484 g/mol. The monoisotopic (exact) mass is 504 g/mol. The minimum absolute atomic E-state index is 0.0460. The second-order valence-corrected chi connectivity index (χ2v) is 8.01. The highest BCUT2D eigenvalue weighted by Gasteiger charge is 2.28. The van der Waals surface area contributed by atoms with Gasteiger partial charge in [0.15, 0.2) is 6.29 Å². The molecule has 11 heteroatoms. The molecule has 1 unspecified atom stereocenters. The van der Waals surface area contributed by atoms with Gasteiger partial charge < -0.3 is 25.0 Å². The molecule has 2 aromatic carbocycles. The number of amides is 2. The van der Waals surface area contributed by atoms with Crippen molar-refractivity contribution >= 4 is 29.3 Å². The molecule has 36 heavy (non-hydrogen) atoms. The van der Waals surface area contributed by atoms with Crippen LogP contribution < -0.4 is 20.7 Å². The number of methoxy groups -OCH3 is 1. The van der Waals surface area contributed by atoms with E-state index in [9.17, 15) is 9.59 Å². The minimum Gasteiger partial charge on any atom is -0.453 e. The molecule has 182 valence electrons. The van der Waals surface area contributed by atoms with E-state index in [-0.39, 0.29) is 11.4 Å². The Labute approximate surface area is 212 Å². The number of benzene rings is 2. The van der Waals surface area contributed by atoms with Crippen LogP contribution in [0.5, 0.6) is 11.6 Å². The number of nitriles is 1. The van der Waals surface area contributed by atoms with Gasteiger partial charge in [0.25, 0.3) is 5.91 Å². The lowest BCUT2D eigenvalue weighted by molar-refractivity contribution is -0.120. The first-order valence-electron chi connectivity index (χ1n) is 10.7. The van der Waals surface area contributed by atoms with Gasteiger partial charge in [-0.25, -0.2) is 9.78 Å². The Morgan fingerprint density at radius 3 is 2.61 bits per heavy atom. The minimum atomic E-state index is -0.750. The Morgan fingerprint density at radius 2 is 1.92 bits per heavy atom. The number of carbonyl (C=O) groups is 2. The fourth-order valence-corrected chi connectivity index (χ4v) is 3.45. The SMILES string of the molecule is COC(=O)NC1=CN(Cc2ccc(Cl)cc2)C(Nc2ccc(Oc3cccc(C#N)n3)cc2)NC1=O. The number of alkyl carbamates (subject to hydrolysis) is 1. The van der Waals surface area contributed by atoms with Crippen LogP contribution in [0.25, 0.3) is 0 Å². The molecular formula is C25H21ClN6O4. The molecule has 1 aliphatic rings. The normalized spacial score (nSPS) is 14.7. The second-order valence-electron chi connectivity index (χ2n) is 7.58. The zero-order valence-electron chi connectivity index (χ0n) is 19.1. The lowest BCUT2D eigenvalue weighted by Crippen LogP contribution is -2.56. The third-order valence-corrected chi connectivity index (χ3v) is 5.31. The predicted molar refractivity (Wildman–Crippen MR) is 132 cm³/mol. The number of halogens is 1. The molecule has 1 aromatic heterocycles. The standard InChI is InChI=1S/C25H21ClN6O4/c1-35-25(34)30-21-15-32(14-16-5-7-17(26)8-6-16)24(31-23(21)33)29-18-9-11-20(12-10-18)36-22-4-2-3-19(13-27)28-22/h2-12,15,24,29H,14H2,1H3,(H,30,34)(H,31,33). The van der Waals surface area contributed by atoms with Crippen molar-refractivity contribution in [3.63, 3.8) is 0 Å². The summed E-state index contributed by atoms with van der Waals surface area (Å²) in [6, 6.07) is 21.2. The topological polar surface area (TPSA) is 129 Å². The second kappa shape index (κ2) is 11.1. The number of pyridine rings is 1. The van der Waals surface area contributed by atoms with Gasteiger partial charge in [-0.15, -0.1) is 0 Å². The maximum atomic E-state index is 12.6. The number of aromatic nitrogens is 1. The van der Waals surface area contributed by atoms with E-state index < -0.39 is 18.3 Å². The summed E-state index contributed by atoms with van der Waals surface area (Å²) in [5.74, 6) is 0.353. The molecule has 3 N–H and O–H groups in total. The van der Waals surface area contributed by atoms with E-state index in [0.29, 0.717) is 28.9 Å². The first-order valence-corrected chi connectivity index (χ1v) is 11.1. The van der Waals surface area contributed by atoms with Gasteiger partial charge in [-0.3, -0.25) is 10.1 Å². The van der Waals surface area contributed by atoms with Gasteiger partial charge in [0, 0.05) is 29.5 Å². The molecule has 4 rings (SSSR count). The molecule has 2 amide bonds. The van der Waals surface area contributed by atoms with E-state index >= 15 is 0 Å². The third kappa shape index (κ3) is 6.22. The molecule has 0 spiro atoms. The lowest BCUT2D eigenvalue weighted by atomic mass is 10.2. The zero-order chi connectivity index (χ0) is 25.5. The maximum Gasteiger partial charge on any atom is 0.411 e. The van der Waals surface area contributed by atoms with Crippen molar-refractivity contribution in [2.75, 3.05) is 12.4 Å². The first-order chi connectivity index (χ1) is 17.4. The average molecular weight is 505 g/mol. The van der Waals surface area contributed by atoms with E-state index in [1.807, 2.05) is 23.1 Å². The Bertz CT molecular complexity index is 1320. The van der Waals surface area contributed by atoms with Crippen molar-refractivity contribution in [2.45, 2.75) is 12.8 Å². The molecule has 0 bridgehead atoms. The van der Waals surface area contributed by atoms with Crippen molar-refractivity contribution < 1.29 is 19.1 Å². The molecule has 0 fully saturated rings. The van der Waals surface area contributed by atoms with E-state index in [0.717, 1.165) is 5.56 Å². The van der Waals surface area contributed by atoms with Crippen LogP contribution in [0.15, 0.2) is 78.6 Å². The third-order valence-electron chi connectivity index (χ3n) is 5.06. The van der Waals surface area contributed by atoms with Crippen molar-refractivity contribution in [1.82, 2.24) is 20.5 Å². The van der Waals surface area contributed by atoms with E-state index in [2.05, 4.69) is 25.7 Å². The molecule has 0 saturated carbocycles. The summed E-state index contributed by atoms with van der Waals surface area (Å²) in [4.78, 5) is 30.2. The fourth-order valence-electron chi connectivity index (χ4n) is 3.32. The Kier molecular flexibility index (Phi) is 7.53. The van der Waals surface area contributed by atoms with Crippen LogP contribution in [0.1, 0.15) is 11.3 Å². The first kappa shape index (κ1) is 24.4. The van der Waals surface area contributed by atoms with Gasteiger partial charge >= 0.3 is 6.09 Å². The maximum absolute atomic E-state index is 12.6. The average Bonchev–Trinajstić information content (AvgIpc) is 2.89. The van der Waals surface area contributed by atoms with Crippen LogP contribution in [0.3, 0.4) is 0 Å². The summed E-state index contributed by atoms with van der Waals surface area (Å²) in [7, 11) is 1.22. The highest BCUT2D eigenvalue weighted by molar-refractivity contribution is 6.30. The van der Waals surface area contributed by atoms with Crippen molar-refractivity contribution in [2.24, 2.45) is 0 Å². The van der Waals surface area contributed by atoms with Crippen molar-refractivity contribution in [3.8, 4) is 17.7 Å². The van der Waals surface area contributed by atoms with Gasteiger partial charge in [0.05, 0.1) is 7.11 Å². The number of nitrogens with zero attached hydrogens (tertiary/aromatic N) is 3. The van der Waals surface area contributed by atoms with Gasteiger partial charge in [-0.2, -0.15) is 5.26 Å². The van der Waals surface area contributed by atoms with Crippen molar-refractivity contribution in [3.05, 3.63) is 94.9 Å². The molecule has 1 aliphatic heterocycles. The largest absolute Gasteiger partial charge is 0.453 e. The quantitative estimate of drug-likeness (QED) is 0.441. The van der Waals surface area contributed by atoms with Gasteiger partial charge in [0.1, 0.15) is 23.2 Å². The highest BCUT2D eigenvalue weighted by atomic mass is 35.5. The van der Waals surface area contributed by atoms with Crippen LogP contribution in [0, 0.1) is 11.3 Å². The van der Waals surface area contributed by atoms with Crippen LogP contribution >= 0.6 is 11.6 Å². The van der Waals surface area contributed by atoms with E-state index in [1.54, 1.807) is 60.8 Å². The predicted octanol–water partition coefficient (Wildman–Crippen LogP) is 3.92. The summed E-state index contributed by atoms with van der Waals surface area (Å²) in [5.41, 5.74) is 1.94. The van der Waals surface area contributed by atoms with Crippen LogP contribution in [-0.4, -0.2) is 35.3 Å². The van der Waals surface area contributed by atoms with Gasteiger partial charge in [-0.05, 0) is 48.0 Å². The molecule has 1 atom stereocenters. The molecule has 0 aliphatic carbocycles. The highest BCUT2D eigenvalue weighted by Crippen LogP contribution is 2.23.